The molecule has 1 fully saturated rings. The SMILES string of the molecule is CC(C)(CNCC1CNCCO1)c1ccccc1F. The summed E-state index contributed by atoms with van der Waals surface area (Å²) in [6.45, 7) is 8.21. The molecule has 2 N–H and O–H groups in total. The number of benzene rings is 1. The molecule has 2 rings (SSSR count). The second kappa shape index (κ2) is 6.46. The van der Waals surface area contributed by atoms with Crippen LogP contribution in [0, 0.1) is 5.82 Å². The normalized spacial score (nSPS) is 20.5. The molecule has 106 valence electrons. The summed E-state index contributed by atoms with van der Waals surface area (Å²) in [6, 6.07) is 6.99. The number of nitrogens with one attached hydrogen (secondary N) is 2. The molecule has 0 aliphatic carbocycles. The molecule has 3 nitrogen and oxygen atoms in total. The highest BCUT2D eigenvalue weighted by Gasteiger charge is 2.24. The van der Waals surface area contributed by atoms with Gasteiger partial charge in [-0.15, -0.1) is 0 Å². The highest BCUT2D eigenvalue weighted by Crippen LogP contribution is 2.24. The number of morpholine rings is 1. The second-order valence-corrected chi connectivity index (χ2v) is 5.69. The Morgan fingerprint density at radius 3 is 2.89 bits per heavy atom. The maximum atomic E-state index is 13.8. The van der Waals surface area contributed by atoms with Crippen LogP contribution < -0.4 is 10.6 Å². The van der Waals surface area contributed by atoms with Gasteiger partial charge in [0, 0.05) is 31.6 Å². The van der Waals surface area contributed by atoms with Crippen molar-refractivity contribution in [3.8, 4) is 0 Å². The number of hydrogen-bond donors (Lipinski definition) is 2. The van der Waals surface area contributed by atoms with Crippen molar-refractivity contribution in [3.63, 3.8) is 0 Å². The zero-order valence-electron chi connectivity index (χ0n) is 11.7. The van der Waals surface area contributed by atoms with Crippen LogP contribution in [0.2, 0.25) is 0 Å². The van der Waals surface area contributed by atoms with Gasteiger partial charge < -0.3 is 15.4 Å². The Morgan fingerprint density at radius 1 is 1.42 bits per heavy atom. The fourth-order valence-electron chi connectivity index (χ4n) is 2.40. The lowest BCUT2D eigenvalue weighted by molar-refractivity contribution is 0.0287. The summed E-state index contributed by atoms with van der Waals surface area (Å²) >= 11 is 0. The third-order valence-corrected chi connectivity index (χ3v) is 3.55. The van der Waals surface area contributed by atoms with Crippen LogP contribution >= 0.6 is 0 Å². The van der Waals surface area contributed by atoms with E-state index < -0.39 is 0 Å². The minimum Gasteiger partial charge on any atom is -0.374 e. The number of rotatable bonds is 5. The average molecular weight is 266 g/mol. The van der Waals surface area contributed by atoms with E-state index in [1.807, 2.05) is 12.1 Å². The third-order valence-electron chi connectivity index (χ3n) is 3.55. The van der Waals surface area contributed by atoms with Gasteiger partial charge >= 0.3 is 0 Å². The lowest BCUT2D eigenvalue weighted by atomic mass is 9.84. The molecule has 1 atom stereocenters. The van der Waals surface area contributed by atoms with Crippen LogP contribution in [0.15, 0.2) is 24.3 Å². The summed E-state index contributed by atoms with van der Waals surface area (Å²) in [4.78, 5) is 0. The van der Waals surface area contributed by atoms with Gasteiger partial charge in [-0.25, -0.2) is 4.39 Å². The standard InChI is InChI=1S/C15H23FN2O/c1-15(2,13-5-3-4-6-14(13)16)11-18-10-12-9-17-7-8-19-12/h3-6,12,17-18H,7-11H2,1-2H3. The predicted molar refractivity (Wildman–Crippen MR) is 74.9 cm³/mol. The Labute approximate surface area is 114 Å². The summed E-state index contributed by atoms with van der Waals surface area (Å²) < 4.78 is 19.4. The molecule has 1 heterocycles. The Morgan fingerprint density at radius 2 is 2.21 bits per heavy atom. The topological polar surface area (TPSA) is 33.3 Å². The van der Waals surface area contributed by atoms with Crippen LogP contribution in [0.5, 0.6) is 0 Å². The van der Waals surface area contributed by atoms with Gasteiger partial charge in [0.25, 0.3) is 0 Å². The van der Waals surface area contributed by atoms with Gasteiger partial charge in [-0.05, 0) is 11.6 Å². The minimum atomic E-state index is -0.229. The zero-order chi connectivity index (χ0) is 13.7. The van der Waals surface area contributed by atoms with Crippen LogP contribution in [0.1, 0.15) is 19.4 Å². The van der Waals surface area contributed by atoms with Gasteiger partial charge in [0.1, 0.15) is 5.82 Å². The van der Waals surface area contributed by atoms with E-state index in [-0.39, 0.29) is 17.3 Å². The van der Waals surface area contributed by atoms with E-state index in [4.69, 9.17) is 4.74 Å². The molecule has 19 heavy (non-hydrogen) atoms. The molecular weight excluding hydrogens is 243 g/mol. The lowest BCUT2D eigenvalue weighted by Crippen LogP contribution is -2.46. The molecule has 0 radical (unpaired) electrons. The molecule has 4 heteroatoms. The maximum Gasteiger partial charge on any atom is 0.126 e. The Balaban J connectivity index is 1.85. The van der Waals surface area contributed by atoms with Crippen molar-refractivity contribution in [1.29, 1.82) is 0 Å². The molecule has 1 aliphatic heterocycles. The summed E-state index contributed by atoms with van der Waals surface area (Å²) in [5, 5.41) is 6.69. The fraction of sp³-hybridized carbons (Fsp3) is 0.600. The van der Waals surface area contributed by atoms with Crippen LogP contribution in [0.4, 0.5) is 4.39 Å². The van der Waals surface area contributed by atoms with Gasteiger partial charge in [0.15, 0.2) is 0 Å². The van der Waals surface area contributed by atoms with Crippen molar-refractivity contribution < 1.29 is 9.13 Å². The van der Waals surface area contributed by atoms with Crippen LogP contribution in [-0.2, 0) is 10.2 Å². The lowest BCUT2D eigenvalue weighted by Gasteiger charge is -2.29. The fourth-order valence-corrected chi connectivity index (χ4v) is 2.40. The summed E-state index contributed by atoms with van der Waals surface area (Å²) in [5.41, 5.74) is 0.526. The van der Waals surface area contributed by atoms with Gasteiger partial charge in [0.2, 0.25) is 0 Å². The van der Waals surface area contributed by atoms with Gasteiger partial charge in [-0.3, -0.25) is 0 Å². The Bertz CT molecular complexity index is 403. The minimum absolute atomic E-state index is 0.134. The first kappa shape index (κ1) is 14.4. The number of ether oxygens (including phenoxy) is 1. The molecule has 0 spiro atoms. The molecule has 0 saturated carbocycles. The van der Waals surface area contributed by atoms with Gasteiger partial charge in [0.05, 0.1) is 12.7 Å². The largest absolute Gasteiger partial charge is 0.374 e. The van der Waals surface area contributed by atoms with E-state index in [1.165, 1.54) is 6.07 Å². The monoisotopic (exact) mass is 266 g/mol. The number of hydrogen-bond acceptors (Lipinski definition) is 3. The molecule has 0 aromatic heterocycles. The maximum absolute atomic E-state index is 13.8. The average Bonchev–Trinajstić information content (AvgIpc) is 2.40. The van der Waals surface area contributed by atoms with E-state index in [0.29, 0.717) is 0 Å². The molecule has 1 unspecified atom stereocenters. The first-order valence-corrected chi connectivity index (χ1v) is 6.87. The number of halogens is 1. The summed E-state index contributed by atoms with van der Waals surface area (Å²) in [7, 11) is 0. The first-order chi connectivity index (χ1) is 9.09. The smallest absolute Gasteiger partial charge is 0.126 e. The molecule has 1 saturated heterocycles. The van der Waals surface area contributed by atoms with Gasteiger partial charge in [-0.2, -0.15) is 0 Å². The first-order valence-electron chi connectivity index (χ1n) is 6.87. The van der Waals surface area contributed by atoms with E-state index in [2.05, 4.69) is 24.5 Å². The summed E-state index contributed by atoms with van der Waals surface area (Å²) in [5.74, 6) is -0.134. The molecule has 0 amide bonds. The predicted octanol–water partition coefficient (Wildman–Crippen LogP) is 1.68. The third kappa shape index (κ3) is 4.00. The van der Waals surface area contributed by atoms with Crippen LogP contribution in [-0.4, -0.2) is 38.9 Å². The highest BCUT2D eigenvalue weighted by molar-refractivity contribution is 5.25. The molecule has 0 bridgehead atoms. The van der Waals surface area contributed by atoms with E-state index in [1.54, 1.807) is 6.07 Å². The zero-order valence-corrected chi connectivity index (χ0v) is 11.7. The van der Waals surface area contributed by atoms with Crippen LogP contribution in [0.3, 0.4) is 0 Å². The van der Waals surface area contributed by atoms with Crippen molar-refractivity contribution in [3.05, 3.63) is 35.6 Å². The van der Waals surface area contributed by atoms with E-state index >= 15 is 0 Å². The van der Waals surface area contributed by atoms with Crippen molar-refractivity contribution in [2.24, 2.45) is 0 Å². The summed E-state index contributed by atoms with van der Waals surface area (Å²) in [6.07, 6.45) is 0.213. The molecule has 1 aromatic carbocycles. The van der Waals surface area contributed by atoms with Crippen molar-refractivity contribution in [2.45, 2.75) is 25.4 Å². The molecular formula is C15H23FN2O. The second-order valence-electron chi connectivity index (χ2n) is 5.69. The Hall–Kier alpha value is -0.970. The van der Waals surface area contributed by atoms with Crippen LogP contribution in [0.25, 0.3) is 0 Å². The Kier molecular flexibility index (Phi) is 4.91. The molecule has 1 aliphatic rings. The van der Waals surface area contributed by atoms with E-state index in [9.17, 15) is 4.39 Å². The molecule has 1 aromatic rings. The highest BCUT2D eigenvalue weighted by atomic mass is 19.1. The quantitative estimate of drug-likeness (QED) is 0.851. The van der Waals surface area contributed by atoms with Gasteiger partial charge in [-0.1, -0.05) is 32.0 Å². The van der Waals surface area contributed by atoms with Crippen molar-refractivity contribution in [2.75, 3.05) is 32.8 Å². The van der Waals surface area contributed by atoms with E-state index in [0.717, 1.165) is 38.3 Å². The van der Waals surface area contributed by atoms with Crippen molar-refractivity contribution >= 4 is 0 Å². The van der Waals surface area contributed by atoms with Crippen molar-refractivity contribution in [1.82, 2.24) is 10.6 Å².